The molecule has 1 saturated heterocycles. The summed E-state index contributed by atoms with van der Waals surface area (Å²) in [4.78, 5) is 16.2. The van der Waals surface area contributed by atoms with E-state index in [-0.39, 0.29) is 0 Å². The Kier molecular flexibility index (Phi) is 6.23. The summed E-state index contributed by atoms with van der Waals surface area (Å²) >= 11 is 0. The molecule has 5 nitrogen and oxygen atoms in total. The zero-order valence-electron chi connectivity index (χ0n) is 12.8. The fourth-order valence-corrected chi connectivity index (χ4v) is 3.03. The summed E-state index contributed by atoms with van der Waals surface area (Å²) in [6, 6.07) is 0.578. The van der Waals surface area contributed by atoms with E-state index in [1.54, 1.807) is 6.92 Å². The molecule has 0 saturated carbocycles. The summed E-state index contributed by atoms with van der Waals surface area (Å²) in [5, 5.41) is 12.5. The molecule has 0 radical (unpaired) electrons. The van der Waals surface area contributed by atoms with Gasteiger partial charge in [-0.3, -0.25) is 14.6 Å². The summed E-state index contributed by atoms with van der Waals surface area (Å²) in [7, 11) is 0. The molecular weight excluding hydrogens is 242 g/mol. The molecule has 0 aliphatic carbocycles. The van der Waals surface area contributed by atoms with E-state index in [0.29, 0.717) is 19.1 Å². The first-order valence-electron chi connectivity index (χ1n) is 7.41. The minimum Gasteiger partial charge on any atom is -0.480 e. The summed E-state index contributed by atoms with van der Waals surface area (Å²) < 4.78 is 0. The Morgan fingerprint density at radius 1 is 1.42 bits per heavy atom. The zero-order chi connectivity index (χ0) is 14.5. The average molecular weight is 271 g/mol. The first-order valence-corrected chi connectivity index (χ1v) is 7.41. The molecular formula is C14H29N3O2. The topological polar surface area (TPSA) is 55.8 Å². The number of nitrogens with zero attached hydrogens (tertiary/aromatic N) is 2. The molecule has 0 aromatic rings. The molecule has 112 valence electrons. The van der Waals surface area contributed by atoms with Crippen LogP contribution in [-0.4, -0.2) is 71.7 Å². The quantitative estimate of drug-likeness (QED) is 0.685. The van der Waals surface area contributed by atoms with Crippen LogP contribution in [0.2, 0.25) is 0 Å². The van der Waals surface area contributed by atoms with E-state index in [0.717, 1.165) is 32.6 Å². The zero-order valence-corrected chi connectivity index (χ0v) is 12.8. The van der Waals surface area contributed by atoms with Crippen LogP contribution in [0.3, 0.4) is 0 Å². The van der Waals surface area contributed by atoms with Gasteiger partial charge in [0.1, 0.15) is 5.54 Å². The van der Waals surface area contributed by atoms with Crippen molar-refractivity contribution in [2.45, 2.75) is 45.7 Å². The Hall–Kier alpha value is -0.650. The third-order valence-electron chi connectivity index (χ3n) is 4.16. The molecule has 2 N–H and O–H groups in total. The van der Waals surface area contributed by atoms with Crippen LogP contribution in [0.25, 0.3) is 0 Å². The van der Waals surface area contributed by atoms with Gasteiger partial charge in [-0.25, -0.2) is 0 Å². The number of carboxylic acid groups (broad SMARTS) is 1. The van der Waals surface area contributed by atoms with Crippen molar-refractivity contribution in [3.63, 3.8) is 0 Å². The Balaban J connectivity index is 2.57. The normalized spacial score (nSPS) is 23.7. The first kappa shape index (κ1) is 16.4. The highest BCUT2D eigenvalue weighted by Crippen LogP contribution is 2.18. The van der Waals surface area contributed by atoms with Crippen LogP contribution < -0.4 is 5.32 Å². The SMILES string of the molecule is CCNC(C)(CN1CCC(N(CC)CC)C1)C(=O)O. The lowest BCUT2D eigenvalue weighted by atomic mass is 10.0. The highest BCUT2D eigenvalue weighted by Gasteiger charge is 2.37. The summed E-state index contributed by atoms with van der Waals surface area (Å²) in [5.74, 6) is -0.763. The fourth-order valence-electron chi connectivity index (χ4n) is 3.03. The number of carboxylic acids is 1. The number of hydrogen-bond acceptors (Lipinski definition) is 4. The van der Waals surface area contributed by atoms with Gasteiger partial charge in [-0.15, -0.1) is 0 Å². The van der Waals surface area contributed by atoms with Crippen LogP contribution >= 0.6 is 0 Å². The van der Waals surface area contributed by atoms with E-state index in [1.807, 2.05) is 6.92 Å². The van der Waals surface area contributed by atoms with Gasteiger partial charge in [0.25, 0.3) is 0 Å². The lowest BCUT2D eigenvalue weighted by molar-refractivity contribution is -0.144. The van der Waals surface area contributed by atoms with E-state index in [2.05, 4.69) is 29.0 Å². The van der Waals surface area contributed by atoms with Crippen molar-refractivity contribution < 1.29 is 9.90 Å². The predicted molar refractivity (Wildman–Crippen MR) is 77.5 cm³/mol. The van der Waals surface area contributed by atoms with E-state index in [1.165, 1.54) is 0 Å². The second-order valence-electron chi connectivity index (χ2n) is 5.57. The number of aliphatic carboxylic acids is 1. The molecule has 1 fully saturated rings. The summed E-state index contributed by atoms with van der Waals surface area (Å²) in [6.07, 6.45) is 1.14. The van der Waals surface area contributed by atoms with Gasteiger partial charge in [-0.1, -0.05) is 20.8 Å². The van der Waals surface area contributed by atoms with Crippen molar-refractivity contribution in [3.05, 3.63) is 0 Å². The third kappa shape index (κ3) is 4.16. The first-order chi connectivity index (χ1) is 8.96. The number of hydrogen-bond donors (Lipinski definition) is 2. The van der Waals surface area contributed by atoms with E-state index >= 15 is 0 Å². The minimum atomic E-state index is -0.840. The van der Waals surface area contributed by atoms with Gasteiger partial charge < -0.3 is 10.4 Å². The van der Waals surface area contributed by atoms with Crippen LogP contribution in [0.4, 0.5) is 0 Å². The van der Waals surface area contributed by atoms with Crippen LogP contribution in [0.5, 0.6) is 0 Å². The molecule has 0 aromatic heterocycles. The maximum atomic E-state index is 11.4. The van der Waals surface area contributed by atoms with Gasteiger partial charge >= 0.3 is 5.97 Å². The number of carbonyl (C=O) groups is 1. The van der Waals surface area contributed by atoms with Crippen molar-refractivity contribution in [1.29, 1.82) is 0 Å². The Morgan fingerprint density at radius 2 is 2.05 bits per heavy atom. The highest BCUT2D eigenvalue weighted by molar-refractivity contribution is 5.78. The van der Waals surface area contributed by atoms with Gasteiger partial charge in [-0.2, -0.15) is 0 Å². The maximum absolute atomic E-state index is 11.4. The lowest BCUT2D eigenvalue weighted by Crippen LogP contribution is -2.56. The Morgan fingerprint density at radius 3 is 2.53 bits per heavy atom. The summed E-state index contributed by atoms with van der Waals surface area (Å²) in [6.45, 7) is 13.5. The molecule has 19 heavy (non-hydrogen) atoms. The van der Waals surface area contributed by atoms with Crippen molar-refractivity contribution in [3.8, 4) is 0 Å². The Bertz CT molecular complexity index is 294. The number of likely N-dealkylation sites (tertiary alicyclic amines) is 1. The monoisotopic (exact) mass is 271 g/mol. The van der Waals surface area contributed by atoms with Gasteiger partial charge in [0.15, 0.2) is 0 Å². The van der Waals surface area contributed by atoms with Crippen LogP contribution in [-0.2, 0) is 4.79 Å². The van der Waals surface area contributed by atoms with Crippen molar-refractivity contribution in [1.82, 2.24) is 15.1 Å². The van der Waals surface area contributed by atoms with Gasteiger partial charge in [0, 0.05) is 19.1 Å². The van der Waals surface area contributed by atoms with Crippen molar-refractivity contribution in [2.75, 3.05) is 39.3 Å². The number of rotatable bonds is 8. The standard InChI is InChI=1S/C14H29N3O2/c1-5-15-14(4,13(18)19)11-16-9-8-12(10-16)17(6-2)7-3/h12,15H,5-11H2,1-4H3,(H,18,19). The summed E-state index contributed by atoms with van der Waals surface area (Å²) in [5.41, 5.74) is -0.840. The lowest BCUT2D eigenvalue weighted by Gasteiger charge is -2.31. The van der Waals surface area contributed by atoms with Crippen LogP contribution in [0.1, 0.15) is 34.1 Å². The maximum Gasteiger partial charge on any atom is 0.324 e. The largest absolute Gasteiger partial charge is 0.480 e. The molecule has 1 rings (SSSR count). The molecule has 1 aliphatic heterocycles. The third-order valence-corrected chi connectivity index (χ3v) is 4.16. The van der Waals surface area contributed by atoms with E-state index in [9.17, 15) is 9.90 Å². The van der Waals surface area contributed by atoms with Crippen molar-refractivity contribution in [2.24, 2.45) is 0 Å². The molecule has 1 heterocycles. The Labute approximate surface area is 117 Å². The molecule has 0 amide bonds. The van der Waals surface area contributed by atoms with Gasteiger partial charge in [0.05, 0.1) is 0 Å². The molecule has 5 heteroatoms. The molecule has 2 unspecified atom stereocenters. The van der Waals surface area contributed by atoms with Crippen LogP contribution in [0, 0.1) is 0 Å². The number of nitrogens with one attached hydrogen (secondary N) is 1. The molecule has 0 aromatic carbocycles. The van der Waals surface area contributed by atoms with E-state index in [4.69, 9.17) is 0 Å². The second kappa shape index (κ2) is 7.22. The number of likely N-dealkylation sites (N-methyl/N-ethyl adjacent to an activating group) is 2. The smallest absolute Gasteiger partial charge is 0.324 e. The minimum absolute atomic E-state index is 0.577. The average Bonchev–Trinajstić information content (AvgIpc) is 2.79. The highest BCUT2D eigenvalue weighted by atomic mass is 16.4. The fraction of sp³-hybridized carbons (Fsp3) is 0.929. The molecule has 1 aliphatic rings. The van der Waals surface area contributed by atoms with Gasteiger partial charge in [0.2, 0.25) is 0 Å². The predicted octanol–water partition coefficient (Wildman–Crippen LogP) is 0.855. The second-order valence-corrected chi connectivity index (χ2v) is 5.57. The van der Waals surface area contributed by atoms with Gasteiger partial charge in [-0.05, 0) is 39.5 Å². The van der Waals surface area contributed by atoms with Crippen molar-refractivity contribution >= 4 is 5.97 Å². The molecule has 0 bridgehead atoms. The molecule has 2 atom stereocenters. The van der Waals surface area contributed by atoms with E-state index < -0.39 is 11.5 Å². The molecule has 0 spiro atoms. The van der Waals surface area contributed by atoms with Crippen LogP contribution in [0.15, 0.2) is 0 Å².